The van der Waals surface area contributed by atoms with Crippen molar-refractivity contribution >= 4 is 27.8 Å². The number of carbonyl (C=O) groups is 1. The van der Waals surface area contributed by atoms with E-state index < -0.39 is 0 Å². The molecule has 0 radical (unpaired) electrons. The summed E-state index contributed by atoms with van der Waals surface area (Å²) in [6.07, 6.45) is 5.43. The van der Waals surface area contributed by atoms with Crippen molar-refractivity contribution in [1.29, 1.82) is 0 Å². The quantitative estimate of drug-likeness (QED) is 0.816. The largest absolute Gasteiger partial charge is 0.361 e. The lowest BCUT2D eigenvalue weighted by Crippen LogP contribution is -1.89. The molecular weight excluding hydrogens is 230 g/mol. The fourth-order valence-electron chi connectivity index (χ4n) is 1.97. The number of para-hydroxylation sites is 1. The zero-order valence-corrected chi connectivity index (χ0v) is 10.8. The molecule has 17 heavy (non-hydrogen) atoms. The van der Waals surface area contributed by atoms with Gasteiger partial charge in [0.2, 0.25) is 0 Å². The van der Waals surface area contributed by atoms with Crippen LogP contribution in [0.2, 0.25) is 0 Å². The van der Waals surface area contributed by atoms with Gasteiger partial charge in [-0.2, -0.15) is 0 Å². The Balaban J connectivity index is 1.85. The summed E-state index contributed by atoms with van der Waals surface area (Å²) in [4.78, 5) is 14.1. The molecule has 1 N–H and O–H groups in total. The monoisotopic (exact) mass is 247 g/mol. The number of rotatable bonds is 5. The molecule has 0 amide bonds. The highest BCUT2D eigenvalue weighted by molar-refractivity contribution is 8.13. The normalized spacial score (nSPS) is 10.9. The highest BCUT2D eigenvalue weighted by atomic mass is 32.2. The van der Waals surface area contributed by atoms with Crippen LogP contribution in [0.3, 0.4) is 0 Å². The second-order valence-electron chi connectivity index (χ2n) is 4.16. The van der Waals surface area contributed by atoms with Crippen LogP contribution in [0.5, 0.6) is 0 Å². The molecule has 3 heteroatoms. The number of aryl methyl sites for hydroxylation is 1. The first-order valence-electron chi connectivity index (χ1n) is 5.96. The third kappa shape index (κ3) is 3.37. The molecule has 90 valence electrons. The topological polar surface area (TPSA) is 32.9 Å². The molecule has 2 nitrogen and oxygen atoms in total. The SMILES string of the molecule is CC(=O)SCCCCc1c[nH]c2ccccc12. The van der Waals surface area contributed by atoms with Crippen molar-refractivity contribution in [2.24, 2.45) is 0 Å². The average Bonchev–Trinajstić information content (AvgIpc) is 2.72. The zero-order chi connectivity index (χ0) is 12.1. The van der Waals surface area contributed by atoms with E-state index in [4.69, 9.17) is 0 Å². The van der Waals surface area contributed by atoms with E-state index in [1.165, 1.54) is 28.2 Å². The van der Waals surface area contributed by atoms with E-state index in [0.29, 0.717) is 0 Å². The van der Waals surface area contributed by atoms with E-state index in [-0.39, 0.29) is 5.12 Å². The molecule has 0 aliphatic heterocycles. The van der Waals surface area contributed by atoms with Crippen molar-refractivity contribution < 1.29 is 4.79 Å². The molecule has 0 bridgehead atoms. The molecule has 2 aromatic rings. The lowest BCUT2D eigenvalue weighted by Gasteiger charge is -1.99. The molecule has 1 aromatic heterocycles. The third-order valence-electron chi connectivity index (χ3n) is 2.82. The van der Waals surface area contributed by atoms with Crippen LogP contribution in [0.15, 0.2) is 30.5 Å². The highest BCUT2D eigenvalue weighted by Gasteiger charge is 2.02. The van der Waals surface area contributed by atoms with Gasteiger partial charge in [0.1, 0.15) is 0 Å². The van der Waals surface area contributed by atoms with Crippen LogP contribution in [0.25, 0.3) is 10.9 Å². The van der Waals surface area contributed by atoms with Crippen molar-refractivity contribution in [2.45, 2.75) is 26.2 Å². The Morgan fingerprint density at radius 3 is 2.94 bits per heavy atom. The third-order valence-corrected chi connectivity index (χ3v) is 3.72. The Morgan fingerprint density at radius 1 is 1.29 bits per heavy atom. The molecular formula is C14H17NOS. The second-order valence-corrected chi connectivity index (χ2v) is 5.43. The fourth-order valence-corrected chi connectivity index (χ4v) is 2.61. The van der Waals surface area contributed by atoms with Crippen molar-refractivity contribution in [3.05, 3.63) is 36.0 Å². The minimum atomic E-state index is 0.220. The number of benzene rings is 1. The second kappa shape index (κ2) is 5.92. The van der Waals surface area contributed by atoms with Crippen LogP contribution in [0, 0.1) is 0 Å². The van der Waals surface area contributed by atoms with E-state index >= 15 is 0 Å². The molecule has 1 heterocycles. The summed E-state index contributed by atoms with van der Waals surface area (Å²) in [7, 11) is 0. The molecule has 0 fully saturated rings. The van der Waals surface area contributed by atoms with Gasteiger partial charge in [0, 0.05) is 29.8 Å². The maximum absolute atomic E-state index is 10.8. The van der Waals surface area contributed by atoms with Gasteiger partial charge in [-0.1, -0.05) is 30.0 Å². The number of hydrogen-bond donors (Lipinski definition) is 1. The summed E-state index contributed by atoms with van der Waals surface area (Å²) in [5.41, 5.74) is 2.59. The maximum atomic E-state index is 10.8. The molecule has 0 saturated heterocycles. The van der Waals surface area contributed by atoms with Crippen molar-refractivity contribution in [3.8, 4) is 0 Å². The first kappa shape index (κ1) is 12.2. The highest BCUT2D eigenvalue weighted by Crippen LogP contribution is 2.19. The van der Waals surface area contributed by atoms with Crippen LogP contribution in [-0.2, 0) is 11.2 Å². The number of aromatic nitrogens is 1. The fraction of sp³-hybridized carbons (Fsp3) is 0.357. The predicted molar refractivity (Wildman–Crippen MR) is 74.4 cm³/mol. The van der Waals surface area contributed by atoms with Crippen molar-refractivity contribution in [1.82, 2.24) is 4.98 Å². The van der Waals surface area contributed by atoms with E-state index in [0.717, 1.165) is 25.0 Å². The lowest BCUT2D eigenvalue weighted by molar-refractivity contribution is -0.109. The standard InChI is InChI=1S/C14H17NOS/c1-11(16)17-9-5-4-6-12-10-15-14-8-3-2-7-13(12)14/h2-3,7-8,10,15H,4-6,9H2,1H3. The van der Waals surface area contributed by atoms with Gasteiger partial charge in [0.05, 0.1) is 0 Å². The van der Waals surface area contributed by atoms with Crippen LogP contribution >= 0.6 is 11.8 Å². The molecule has 0 spiro atoms. The van der Waals surface area contributed by atoms with E-state index in [1.807, 2.05) is 6.07 Å². The smallest absolute Gasteiger partial charge is 0.185 e. The summed E-state index contributed by atoms with van der Waals surface area (Å²) >= 11 is 1.43. The van der Waals surface area contributed by atoms with E-state index in [9.17, 15) is 4.79 Å². The zero-order valence-electron chi connectivity index (χ0n) is 10.0. The number of carbonyl (C=O) groups excluding carboxylic acids is 1. The van der Waals surface area contributed by atoms with Crippen LogP contribution in [0.4, 0.5) is 0 Å². The van der Waals surface area contributed by atoms with Crippen LogP contribution in [-0.4, -0.2) is 15.9 Å². The van der Waals surface area contributed by atoms with E-state index in [1.54, 1.807) is 6.92 Å². The number of thioether (sulfide) groups is 1. The van der Waals surface area contributed by atoms with Gasteiger partial charge in [0.15, 0.2) is 5.12 Å². The number of fused-ring (bicyclic) bond motifs is 1. The van der Waals surface area contributed by atoms with Gasteiger partial charge in [0.25, 0.3) is 0 Å². The Hall–Kier alpha value is -1.22. The molecule has 0 aliphatic carbocycles. The Kier molecular flexibility index (Phi) is 4.26. The number of unbranched alkanes of at least 4 members (excludes halogenated alkanes) is 1. The average molecular weight is 247 g/mol. The Morgan fingerprint density at radius 2 is 2.12 bits per heavy atom. The number of nitrogens with one attached hydrogen (secondary N) is 1. The first-order chi connectivity index (χ1) is 8.27. The molecule has 0 atom stereocenters. The summed E-state index contributed by atoms with van der Waals surface area (Å²) in [6.45, 7) is 1.63. The summed E-state index contributed by atoms with van der Waals surface area (Å²) in [5.74, 6) is 0.942. The Bertz CT molecular complexity index is 504. The number of H-pyrrole nitrogens is 1. The molecule has 0 saturated carbocycles. The summed E-state index contributed by atoms with van der Waals surface area (Å²) < 4.78 is 0. The van der Waals surface area contributed by atoms with Crippen molar-refractivity contribution in [2.75, 3.05) is 5.75 Å². The van der Waals surface area contributed by atoms with Gasteiger partial charge in [-0.25, -0.2) is 0 Å². The Labute approximate surface area is 106 Å². The van der Waals surface area contributed by atoms with Gasteiger partial charge in [-0.15, -0.1) is 0 Å². The van der Waals surface area contributed by atoms with Crippen molar-refractivity contribution in [3.63, 3.8) is 0 Å². The van der Waals surface area contributed by atoms with Gasteiger partial charge in [-0.05, 0) is 30.9 Å². The molecule has 1 aromatic carbocycles. The number of aromatic amines is 1. The maximum Gasteiger partial charge on any atom is 0.185 e. The van der Waals surface area contributed by atoms with Gasteiger partial charge >= 0.3 is 0 Å². The first-order valence-corrected chi connectivity index (χ1v) is 6.94. The van der Waals surface area contributed by atoms with Gasteiger partial charge in [-0.3, -0.25) is 4.79 Å². The summed E-state index contributed by atoms with van der Waals surface area (Å²) in [5, 5.41) is 1.55. The van der Waals surface area contributed by atoms with Crippen LogP contribution < -0.4 is 0 Å². The molecule has 2 rings (SSSR count). The summed E-state index contributed by atoms with van der Waals surface area (Å²) in [6, 6.07) is 8.38. The minimum absolute atomic E-state index is 0.220. The van der Waals surface area contributed by atoms with Gasteiger partial charge < -0.3 is 4.98 Å². The predicted octanol–water partition coefficient (Wildman–Crippen LogP) is 3.77. The number of hydrogen-bond acceptors (Lipinski definition) is 2. The molecule has 0 unspecified atom stereocenters. The lowest BCUT2D eigenvalue weighted by atomic mass is 10.1. The van der Waals surface area contributed by atoms with Crippen LogP contribution in [0.1, 0.15) is 25.3 Å². The minimum Gasteiger partial charge on any atom is -0.361 e. The van der Waals surface area contributed by atoms with E-state index in [2.05, 4.69) is 29.4 Å². The molecule has 0 aliphatic rings.